The fraction of sp³-hybridized carbons (Fsp3) is 0.467. The molecule has 0 bridgehead atoms. The molecular weight excluding hydrogens is 370 g/mol. The summed E-state index contributed by atoms with van der Waals surface area (Å²) in [5.74, 6) is -0.863. The number of rotatable bonds is 5. The molecule has 25 heavy (non-hydrogen) atoms. The van der Waals surface area contributed by atoms with E-state index in [1.54, 1.807) is 4.90 Å². The molecule has 0 saturated carbocycles. The average Bonchev–Trinajstić information content (AvgIpc) is 2.61. The van der Waals surface area contributed by atoms with Gasteiger partial charge in [-0.2, -0.15) is 4.31 Å². The fourth-order valence-electron chi connectivity index (χ4n) is 2.37. The van der Waals surface area contributed by atoms with Gasteiger partial charge in [0.05, 0.1) is 24.1 Å². The first kappa shape index (κ1) is 21.4. The van der Waals surface area contributed by atoms with Gasteiger partial charge in [0.1, 0.15) is 0 Å². The third-order valence-corrected chi connectivity index (χ3v) is 5.59. The normalized spacial score (nSPS) is 14.8. The van der Waals surface area contributed by atoms with Crippen LogP contribution in [0.5, 0.6) is 0 Å². The van der Waals surface area contributed by atoms with Crippen LogP contribution in [0.1, 0.15) is 10.4 Å². The number of methoxy groups -OCH3 is 1. The molecule has 8 nitrogen and oxygen atoms in total. The monoisotopic (exact) mass is 391 g/mol. The lowest BCUT2D eigenvalue weighted by atomic mass is 10.2. The number of esters is 1. The molecule has 0 radical (unpaired) electrons. The second kappa shape index (κ2) is 9.14. The van der Waals surface area contributed by atoms with E-state index in [0.717, 1.165) is 4.31 Å². The molecule has 1 N–H and O–H groups in total. The predicted octanol–water partition coefficient (Wildman–Crippen LogP) is -0.0527. The Balaban J connectivity index is 0.00000312. The highest BCUT2D eigenvalue weighted by Gasteiger charge is 2.26. The number of amides is 1. The molecule has 1 aromatic carbocycles. The highest BCUT2D eigenvalue weighted by atomic mass is 35.5. The molecule has 0 atom stereocenters. The molecule has 1 heterocycles. The van der Waals surface area contributed by atoms with Crippen molar-refractivity contribution in [2.45, 2.75) is 4.90 Å². The number of hydrogen-bond donors (Lipinski definition) is 1. The maximum absolute atomic E-state index is 12.6. The van der Waals surface area contributed by atoms with Crippen molar-refractivity contribution in [3.05, 3.63) is 29.8 Å². The summed E-state index contributed by atoms with van der Waals surface area (Å²) in [6, 6.07) is 5.56. The van der Waals surface area contributed by atoms with E-state index >= 15 is 0 Å². The number of likely N-dealkylation sites (N-methyl/N-ethyl adjacent to an activating group) is 1. The summed E-state index contributed by atoms with van der Waals surface area (Å²) in [4.78, 5) is 25.4. The van der Waals surface area contributed by atoms with Crippen LogP contribution in [0.15, 0.2) is 29.2 Å². The molecular formula is C15H22ClN3O5S. The molecule has 10 heteroatoms. The summed E-state index contributed by atoms with van der Waals surface area (Å²) < 4.78 is 30.8. The number of piperazine rings is 1. The van der Waals surface area contributed by atoms with E-state index in [-0.39, 0.29) is 35.3 Å². The number of carbonyl (C=O) groups excluding carboxylic acids is 2. The van der Waals surface area contributed by atoms with Gasteiger partial charge in [-0.25, -0.2) is 13.2 Å². The Labute approximate surface area is 153 Å². The van der Waals surface area contributed by atoms with Gasteiger partial charge < -0.3 is 15.0 Å². The van der Waals surface area contributed by atoms with Gasteiger partial charge in [0.15, 0.2) is 0 Å². The summed E-state index contributed by atoms with van der Waals surface area (Å²) >= 11 is 0. The maximum Gasteiger partial charge on any atom is 0.337 e. The summed E-state index contributed by atoms with van der Waals surface area (Å²) in [5.41, 5.74) is 0.139. The Hall–Kier alpha value is -1.68. The van der Waals surface area contributed by atoms with Crippen molar-refractivity contribution in [2.75, 3.05) is 46.9 Å². The first-order valence-electron chi connectivity index (χ1n) is 7.49. The number of halogens is 1. The number of nitrogens with zero attached hydrogens (tertiary/aromatic N) is 2. The summed E-state index contributed by atoms with van der Waals surface area (Å²) in [5, 5.41) is 3.13. The zero-order valence-electron chi connectivity index (χ0n) is 14.1. The van der Waals surface area contributed by atoms with Gasteiger partial charge in [-0.1, -0.05) is 6.07 Å². The van der Waals surface area contributed by atoms with Gasteiger partial charge in [-0.3, -0.25) is 4.79 Å². The fourth-order valence-corrected chi connectivity index (χ4v) is 3.54. The van der Waals surface area contributed by atoms with Gasteiger partial charge in [-0.05, 0) is 18.2 Å². The largest absolute Gasteiger partial charge is 0.465 e. The van der Waals surface area contributed by atoms with Crippen molar-refractivity contribution in [1.29, 1.82) is 0 Å². The first-order chi connectivity index (χ1) is 11.4. The molecule has 1 fully saturated rings. The molecule has 140 valence electrons. The van der Waals surface area contributed by atoms with Crippen molar-refractivity contribution in [1.82, 2.24) is 14.5 Å². The van der Waals surface area contributed by atoms with Crippen molar-refractivity contribution in [3.8, 4) is 0 Å². The van der Waals surface area contributed by atoms with E-state index in [9.17, 15) is 18.0 Å². The van der Waals surface area contributed by atoms with E-state index in [1.807, 2.05) is 0 Å². The molecule has 0 aliphatic carbocycles. The number of ether oxygens (including phenoxy) is 1. The summed E-state index contributed by atoms with van der Waals surface area (Å²) in [7, 11) is -1.30. The van der Waals surface area contributed by atoms with Crippen LogP contribution < -0.4 is 5.32 Å². The standard InChI is InChI=1S/C15H21N3O5S.ClH/c1-17(11-14(19)18-8-6-16-7-9-18)24(21,22)13-5-3-4-12(10-13)15(20)23-2;/h3-5,10,16H,6-9,11H2,1-2H3;1H. The zero-order chi connectivity index (χ0) is 17.7. The zero-order valence-corrected chi connectivity index (χ0v) is 15.7. The Kier molecular flexibility index (Phi) is 7.81. The van der Waals surface area contributed by atoms with E-state index in [0.29, 0.717) is 26.2 Å². The van der Waals surface area contributed by atoms with E-state index < -0.39 is 16.0 Å². The summed E-state index contributed by atoms with van der Waals surface area (Å²) in [6.45, 7) is 2.27. The SMILES string of the molecule is COC(=O)c1cccc(S(=O)(=O)N(C)CC(=O)N2CCNCC2)c1.Cl. The molecule has 1 saturated heterocycles. The van der Waals surface area contributed by atoms with Crippen molar-refractivity contribution in [3.63, 3.8) is 0 Å². The Morgan fingerprint density at radius 2 is 1.92 bits per heavy atom. The molecule has 1 amide bonds. The average molecular weight is 392 g/mol. The number of nitrogens with one attached hydrogen (secondary N) is 1. The van der Waals surface area contributed by atoms with E-state index in [2.05, 4.69) is 10.1 Å². The maximum atomic E-state index is 12.6. The summed E-state index contributed by atoms with van der Waals surface area (Å²) in [6.07, 6.45) is 0. The number of sulfonamides is 1. The smallest absolute Gasteiger partial charge is 0.337 e. The molecule has 1 aliphatic heterocycles. The highest BCUT2D eigenvalue weighted by Crippen LogP contribution is 2.16. The predicted molar refractivity (Wildman–Crippen MR) is 94.3 cm³/mol. The Morgan fingerprint density at radius 1 is 1.28 bits per heavy atom. The topological polar surface area (TPSA) is 96.0 Å². The van der Waals surface area contributed by atoms with E-state index in [1.165, 1.54) is 38.4 Å². The molecule has 1 aromatic rings. The van der Waals surface area contributed by atoms with Crippen LogP contribution in [0.3, 0.4) is 0 Å². The lowest BCUT2D eigenvalue weighted by molar-refractivity contribution is -0.131. The second-order valence-corrected chi connectivity index (χ2v) is 7.46. The van der Waals surface area contributed by atoms with Crippen molar-refractivity contribution in [2.24, 2.45) is 0 Å². The quantitative estimate of drug-likeness (QED) is 0.707. The number of hydrogen-bond acceptors (Lipinski definition) is 6. The van der Waals surface area contributed by atoms with Crippen LogP contribution in [0.2, 0.25) is 0 Å². The van der Waals surface area contributed by atoms with Crippen LogP contribution in [0, 0.1) is 0 Å². The van der Waals surface area contributed by atoms with Crippen LogP contribution in [-0.2, 0) is 19.6 Å². The minimum absolute atomic E-state index is 0. The van der Waals surface area contributed by atoms with Gasteiger partial charge in [0, 0.05) is 33.2 Å². The van der Waals surface area contributed by atoms with Crippen LogP contribution in [-0.4, -0.2) is 76.4 Å². The molecule has 1 aliphatic rings. The van der Waals surface area contributed by atoms with Gasteiger partial charge in [0.2, 0.25) is 15.9 Å². The Bertz CT molecular complexity index is 720. The van der Waals surface area contributed by atoms with Crippen molar-refractivity contribution < 1.29 is 22.7 Å². The molecule has 0 aromatic heterocycles. The molecule has 0 unspecified atom stereocenters. The third kappa shape index (κ3) is 5.15. The van der Waals surface area contributed by atoms with Gasteiger partial charge >= 0.3 is 5.97 Å². The number of benzene rings is 1. The van der Waals surface area contributed by atoms with Gasteiger partial charge in [0.25, 0.3) is 0 Å². The highest BCUT2D eigenvalue weighted by molar-refractivity contribution is 7.89. The molecule has 2 rings (SSSR count). The number of carbonyl (C=O) groups is 2. The first-order valence-corrected chi connectivity index (χ1v) is 8.93. The minimum atomic E-state index is -3.87. The van der Waals surface area contributed by atoms with Crippen LogP contribution in [0.4, 0.5) is 0 Å². The van der Waals surface area contributed by atoms with Gasteiger partial charge in [-0.15, -0.1) is 12.4 Å². The van der Waals surface area contributed by atoms with Crippen molar-refractivity contribution >= 4 is 34.3 Å². The lowest BCUT2D eigenvalue weighted by Gasteiger charge is -2.29. The third-order valence-electron chi connectivity index (χ3n) is 3.79. The van der Waals surface area contributed by atoms with E-state index in [4.69, 9.17) is 0 Å². The second-order valence-electron chi connectivity index (χ2n) is 5.41. The minimum Gasteiger partial charge on any atom is -0.465 e. The van der Waals surface area contributed by atoms with Crippen LogP contribution in [0.25, 0.3) is 0 Å². The molecule has 0 spiro atoms. The van der Waals surface area contributed by atoms with Crippen LogP contribution >= 0.6 is 12.4 Å². The lowest BCUT2D eigenvalue weighted by Crippen LogP contribution is -2.49. The Morgan fingerprint density at radius 3 is 2.52 bits per heavy atom.